The predicted molar refractivity (Wildman–Crippen MR) is 89.1 cm³/mol. The second-order valence-electron chi connectivity index (χ2n) is 5.99. The molecular weight excluding hydrogens is 240 g/mol. The van der Waals surface area contributed by atoms with E-state index in [0.717, 1.165) is 0 Å². The number of hydrogen-bond acceptors (Lipinski definition) is 0. The second kappa shape index (κ2) is 5.44. The first kappa shape index (κ1) is 13.4. The van der Waals surface area contributed by atoms with Crippen LogP contribution >= 0.6 is 0 Å². The molecule has 0 radical (unpaired) electrons. The van der Waals surface area contributed by atoms with Crippen LogP contribution in [0.25, 0.3) is 16.3 Å². The summed E-state index contributed by atoms with van der Waals surface area (Å²) in [6.45, 7) is 6.93. The van der Waals surface area contributed by atoms with Crippen molar-refractivity contribution < 1.29 is 0 Å². The van der Waals surface area contributed by atoms with Gasteiger partial charge in [-0.1, -0.05) is 68.7 Å². The molecule has 1 aliphatic rings. The summed E-state index contributed by atoms with van der Waals surface area (Å²) < 4.78 is 0. The number of hydrogen-bond donors (Lipinski definition) is 0. The lowest BCUT2D eigenvalue weighted by Gasteiger charge is -2.17. The van der Waals surface area contributed by atoms with Crippen LogP contribution in [0.2, 0.25) is 0 Å². The first-order valence-corrected chi connectivity index (χ1v) is 7.99. The summed E-state index contributed by atoms with van der Waals surface area (Å²) in [4.78, 5) is 0. The Hall–Kier alpha value is -1.56. The van der Waals surface area contributed by atoms with Gasteiger partial charge in [-0.15, -0.1) is 0 Å². The Balaban J connectivity index is 2.22. The van der Waals surface area contributed by atoms with E-state index in [4.69, 9.17) is 0 Å². The minimum Gasteiger partial charge on any atom is -0.0653 e. The minimum atomic E-state index is 0.654. The highest BCUT2D eigenvalue weighted by Gasteiger charge is 2.29. The highest BCUT2D eigenvalue weighted by Crippen LogP contribution is 2.48. The lowest BCUT2D eigenvalue weighted by molar-refractivity contribution is 0.669. The highest BCUT2D eigenvalue weighted by molar-refractivity contribution is 5.94. The molecule has 0 heterocycles. The first-order valence-electron chi connectivity index (χ1n) is 7.99. The molecule has 3 rings (SSSR count). The molecule has 1 atom stereocenters. The van der Waals surface area contributed by atoms with Gasteiger partial charge in [0.05, 0.1) is 0 Å². The number of allylic oxidation sites excluding steroid dienone is 2. The quantitative estimate of drug-likeness (QED) is 0.607. The zero-order valence-corrected chi connectivity index (χ0v) is 12.9. The molecule has 0 N–H and O–H groups in total. The molecule has 0 saturated carbocycles. The molecule has 2 aromatic carbocycles. The summed E-state index contributed by atoms with van der Waals surface area (Å²) in [5.74, 6) is 0.654. The van der Waals surface area contributed by atoms with E-state index in [9.17, 15) is 0 Å². The van der Waals surface area contributed by atoms with Gasteiger partial charge in [-0.05, 0) is 47.2 Å². The van der Waals surface area contributed by atoms with E-state index in [1.54, 1.807) is 16.7 Å². The van der Waals surface area contributed by atoms with Gasteiger partial charge in [-0.3, -0.25) is 0 Å². The van der Waals surface area contributed by atoms with Crippen LogP contribution in [0.1, 0.15) is 63.5 Å². The van der Waals surface area contributed by atoms with Crippen molar-refractivity contribution in [1.82, 2.24) is 0 Å². The molecule has 0 aromatic heterocycles. The van der Waals surface area contributed by atoms with Gasteiger partial charge < -0.3 is 0 Å². The average Bonchev–Trinajstić information content (AvgIpc) is 2.74. The van der Waals surface area contributed by atoms with Gasteiger partial charge in [0, 0.05) is 5.92 Å². The maximum absolute atomic E-state index is 2.35. The molecule has 0 fully saturated rings. The van der Waals surface area contributed by atoms with Gasteiger partial charge in [-0.25, -0.2) is 0 Å². The highest BCUT2D eigenvalue weighted by atomic mass is 14.3. The minimum absolute atomic E-state index is 0.654. The monoisotopic (exact) mass is 264 g/mol. The van der Waals surface area contributed by atoms with E-state index >= 15 is 0 Å². The van der Waals surface area contributed by atoms with E-state index in [-0.39, 0.29) is 0 Å². The molecule has 0 nitrogen and oxygen atoms in total. The van der Waals surface area contributed by atoms with E-state index in [1.165, 1.54) is 42.0 Å². The summed E-state index contributed by atoms with van der Waals surface area (Å²) in [6.07, 6.45) is 5.04. The molecule has 0 aliphatic heterocycles. The summed E-state index contributed by atoms with van der Waals surface area (Å²) in [5.41, 5.74) is 6.35. The van der Waals surface area contributed by atoms with E-state index in [0.29, 0.717) is 5.92 Å². The first-order chi connectivity index (χ1) is 9.77. The van der Waals surface area contributed by atoms with E-state index in [2.05, 4.69) is 57.2 Å². The smallest absolute Gasteiger partial charge is 0.00661 e. The Morgan fingerprint density at radius 2 is 1.75 bits per heavy atom. The fourth-order valence-electron chi connectivity index (χ4n) is 3.84. The third-order valence-electron chi connectivity index (χ3n) is 4.72. The largest absolute Gasteiger partial charge is 0.0653 e. The van der Waals surface area contributed by atoms with Crippen LogP contribution in [-0.2, 0) is 0 Å². The third-order valence-corrected chi connectivity index (χ3v) is 4.72. The Labute approximate surface area is 122 Å². The van der Waals surface area contributed by atoms with Gasteiger partial charge in [0.15, 0.2) is 0 Å². The maximum Gasteiger partial charge on any atom is 0.00661 e. The van der Waals surface area contributed by atoms with Gasteiger partial charge in [0.25, 0.3) is 0 Å². The second-order valence-corrected chi connectivity index (χ2v) is 5.99. The fourth-order valence-corrected chi connectivity index (χ4v) is 3.84. The average molecular weight is 264 g/mol. The molecule has 0 saturated heterocycles. The summed E-state index contributed by atoms with van der Waals surface area (Å²) in [7, 11) is 0. The standard InChI is InChI=1S/C20H24/c1-4-8-16-14(3)17-13-12-15-10-6-7-11-18(15)20(17)19(16)9-5-2/h6-7,10-13,19H,4-5,8-9H2,1-3H3. The summed E-state index contributed by atoms with van der Waals surface area (Å²) >= 11 is 0. The molecule has 0 heteroatoms. The number of benzene rings is 2. The van der Waals surface area contributed by atoms with Crippen LogP contribution in [0, 0.1) is 0 Å². The van der Waals surface area contributed by atoms with Crippen molar-refractivity contribution in [1.29, 1.82) is 0 Å². The summed E-state index contributed by atoms with van der Waals surface area (Å²) in [5, 5.41) is 2.85. The van der Waals surface area contributed by atoms with Crippen molar-refractivity contribution in [2.45, 2.75) is 52.4 Å². The van der Waals surface area contributed by atoms with Crippen molar-refractivity contribution in [2.24, 2.45) is 0 Å². The number of rotatable bonds is 4. The zero-order valence-electron chi connectivity index (χ0n) is 12.9. The van der Waals surface area contributed by atoms with E-state index in [1.807, 2.05) is 0 Å². The maximum atomic E-state index is 2.35. The molecule has 0 amide bonds. The van der Waals surface area contributed by atoms with Crippen LogP contribution in [0.4, 0.5) is 0 Å². The summed E-state index contributed by atoms with van der Waals surface area (Å²) in [6, 6.07) is 13.5. The lowest BCUT2D eigenvalue weighted by Crippen LogP contribution is -2.00. The van der Waals surface area contributed by atoms with Crippen LogP contribution in [0.15, 0.2) is 42.0 Å². The Morgan fingerprint density at radius 1 is 0.950 bits per heavy atom. The normalized spacial score (nSPS) is 17.9. The molecule has 0 bridgehead atoms. The molecule has 20 heavy (non-hydrogen) atoms. The van der Waals surface area contributed by atoms with Gasteiger partial charge in [0.1, 0.15) is 0 Å². The van der Waals surface area contributed by atoms with Crippen LogP contribution in [-0.4, -0.2) is 0 Å². The Kier molecular flexibility index (Phi) is 3.65. The Bertz CT molecular complexity index is 661. The topological polar surface area (TPSA) is 0 Å². The molecule has 0 spiro atoms. The van der Waals surface area contributed by atoms with E-state index < -0.39 is 0 Å². The van der Waals surface area contributed by atoms with Crippen molar-refractivity contribution in [2.75, 3.05) is 0 Å². The van der Waals surface area contributed by atoms with Gasteiger partial charge >= 0.3 is 0 Å². The van der Waals surface area contributed by atoms with Crippen LogP contribution in [0.5, 0.6) is 0 Å². The van der Waals surface area contributed by atoms with Crippen molar-refractivity contribution in [3.05, 3.63) is 53.1 Å². The van der Waals surface area contributed by atoms with Gasteiger partial charge in [-0.2, -0.15) is 0 Å². The molecule has 1 unspecified atom stereocenters. The molecule has 2 aromatic rings. The van der Waals surface area contributed by atoms with Gasteiger partial charge in [0.2, 0.25) is 0 Å². The van der Waals surface area contributed by atoms with Crippen molar-refractivity contribution >= 4 is 16.3 Å². The van der Waals surface area contributed by atoms with Crippen molar-refractivity contribution in [3.63, 3.8) is 0 Å². The third kappa shape index (κ3) is 1.98. The SMILES string of the molecule is CCCC1=C(C)c2ccc3ccccc3c2C1CCC. The Morgan fingerprint density at radius 3 is 2.50 bits per heavy atom. The lowest BCUT2D eigenvalue weighted by atomic mass is 9.86. The number of fused-ring (bicyclic) bond motifs is 3. The molecule has 1 aliphatic carbocycles. The van der Waals surface area contributed by atoms with Crippen LogP contribution < -0.4 is 0 Å². The molecule has 104 valence electrons. The molecular formula is C20H24. The van der Waals surface area contributed by atoms with Crippen LogP contribution in [0.3, 0.4) is 0 Å². The zero-order chi connectivity index (χ0) is 14.1. The van der Waals surface area contributed by atoms with Crippen molar-refractivity contribution in [3.8, 4) is 0 Å². The fraction of sp³-hybridized carbons (Fsp3) is 0.400. The predicted octanol–water partition coefficient (Wildman–Crippen LogP) is 6.31.